The van der Waals surface area contributed by atoms with Gasteiger partial charge in [-0.2, -0.15) is 0 Å². The Bertz CT molecular complexity index is 1180. The van der Waals surface area contributed by atoms with E-state index in [0.717, 1.165) is 0 Å². The molecule has 0 aromatic rings. The number of nitrogens with two attached hydrogens (primary N) is 2. The van der Waals surface area contributed by atoms with Crippen molar-refractivity contribution in [3.05, 3.63) is 0 Å². The number of carboxylic acid groups (broad SMARTS) is 12. The van der Waals surface area contributed by atoms with Gasteiger partial charge in [-0.3, -0.25) is 38.4 Å². The van der Waals surface area contributed by atoms with Gasteiger partial charge in [0.1, 0.15) is 0 Å². The van der Waals surface area contributed by atoms with Crippen LogP contribution in [0.1, 0.15) is 51.4 Å². The van der Waals surface area contributed by atoms with Crippen LogP contribution in [-0.2, 0) is 57.5 Å². The summed E-state index contributed by atoms with van der Waals surface area (Å²) in [5.41, 5.74) is -1.15. The van der Waals surface area contributed by atoms with E-state index in [4.69, 9.17) is 93.2 Å². The summed E-state index contributed by atoms with van der Waals surface area (Å²) >= 11 is 0. The van der Waals surface area contributed by atoms with Crippen molar-refractivity contribution in [3.8, 4) is 0 Å². The summed E-state index contributed by atoms with van der Waals surface area (Å²) in [5.74, 6) is -20.1. The van der Waals surface area contributed by atoms with Crippen molar-refractivity contribution in [2.45, 2.75) is 73.8 Å². The van der Waals surface area contributed by atoms with Crippen LogP contribution in [0.3, 0.4) is 0 Å². The summed E-state index contributed by atoms with van der Waals surface area (Å²) in [4.78, 5) is 122. The van der Waals surface area contributed by atoms with Crippen LogP contribution in [0.4, 0.5) is 0 Å². The van der Waals surface area contributed by atoms with Crippen molar-refractivity contribution in [1.29, 1.82) is 0 Å². The molecule has 0 fully saturated rings. The molecule has 30 nitrogen and oxygen atoms in total. The number of carboxylic acids is 12. The zero-order valence-corrected chi connectivity index (χ0v) is 31.3. The predicted octanol–water partition coefficient (Wildman–Crippen LogP) is -8.42. The Morgan fingerprint density at radius 3 is 0.400 bits per heavy atom. The predicted molar refractivity (Wildman–Crippen MR) is 194 cm³/mol. The zero-order valence-electron chi connectivity index (χ0n) is 29.3. The minimum absolute atomic E-state index is 0. The number of hydrogen-bond donors (Lipinski definition) is 18. The topological polar surface area (TPSA) is 581 Å². The molecule has 0 atom stereocenters. The first-order valence-corrected chi connectivity index (χ1v) is 14.0. The van der Waals surface area contributed by atoms with Gasteiger partial charge in [-0.25, -0.2) is 19.2 Å². The second-order valence-corrected chi connectivity index (χ2v) is 10.5. The van der Waals surface area contributed by atoms with Gasteiger partial charge in [-0.15, -0.1) is 0 Å². The molecule has 0 unspecified atom stereocenters. The molecule has 329 valence electrons. The monoisotopic (exact) mass is 923 g/mol. The van der Waals surface area contributed by atoms with E-state index in [-0.39, 0.29) is 118 Å². The average molecular weight is 924 g/mol. The molecule has 0 aliphatic heterocycles. The Morgan fingerprint density at radius 2 is 0.367 bits per heavy atom. The maximum absolute atomic E-state index is 10.3. The van der Waals surface area contributed by atoms with Crippen LogP contribution < -0.4 is 11.5 Å². The van der Waals surface area contributed by atoms with Crippen LogP contribution in [0.2, 0.25) is 0 Å². The summed E-state index contributed by atoms with van der Waals surface area (Å²) in [6.07, 6.45) is -9.15. The van der Waals surface area contributed by atoms with Gasteiger partial charge in [0.25, 0.3) is 0 Å². The van der Waals surface area contributed by atoms with Gasteiger partial charge in [0, 0.05) is 42.6 Å². The summed E-state index contributed by atoms with van der Waals surface area (Å²) in [6, 6.07) is 0. The van der Waals surface area contributed by atoms with Crippen LogP contribution in [-0.4, -0.2) is 307 Å². The number of aliphatic carboxylic acids is 12. The van der Waals surface area contributed by atoms with Crippen molar-refractivity contribution in [2.75, 3.05) is 13.1 Å². The fraction of sp³-hybridized carbons (Fsp3) is 0.538. The van der Waals surface area contributed by atoms with Crippen molar-refractivity contribution in [1.82, 2.24) is 0 Å². The van der Waals surface area contributed by atoms with Crippen LogP contribution in [0.5, 0.6) is 0 Å². The van der Waals surface area contributed by atoms with E-state index in [9.17, 15) is 57.5 Å². The summed E-state index contributed by atoms with van der Waals surface area (Å²) in [7, 11) is 0. The second-order valence-electron chi connectivity index (χ2n) is 10.5. The minimum Gasteiger partial charge on any atom is 0 e. The maximum atomic E-state index is 10.3. The molecule has 0 aromatic carbocycles. The third-order valence-corrected chi connectivity index (χ3v) is 5.31. The van der Waals surface area contributed by atoms with Crippen molar-refractivity contribution in [3.63, 3.8) is 0 Å². The van der Waals surface area contributed by atoms with Gasteiger partial charge < -0.3 is 93.2 Å². The number of rotatable bonds is 21. The van der Waals surface area contributed by atoms with E-state index >= 15 is 0 Å². The second kappa shape index (κ2) is 38.1. The third kappa shape index (κ3) is 42.1. The van der Waals surface area contributed by atoms with Gasteiger partial charge in [0.2, 0.25) is 0 Å². The Balaban J connectivity index is -0.0000000783. The van der Waals surface area contributed by atoms with Crippen LogP contribution in [0, 0.1) is 0 Å². The van der Waals surface area contributed by atoms with Crippen molar-refractivity contribution in [2.24, 2.45) is 11.5 Å². The fourth-order valence-corrected chi connectivity index (χ4v) is 2.86. The molecule has 0 amide bonds. The van der Waals surface area contributed by atoms with Gasteiger partial charge in [-0.05, 0) is 0 Å². The largest absolute Gasteiger partial charge is 0 e. The van der Waals surface area contributed by atoms with E-state index in [0.29, 0.717) is 13.1 Å². The molecule has 0 rings (SSSR count). The van der Waals surface area contributed by atoms with Gasteiger partial charge in [-0.1, -0.05) is 0 Å². The molecular weight excluding hydrogens is 880 g/mol. The first kappa shape index (κ1) is 77.9. The van der Waals surface area contributed by atoms with Crippen molar-refractivity contribution < 1.29 is 139 Å². The smallest absolute Gasteiger partial charge is 0 e. The van der Waals surface area contributed by atoms with E-state index in [1.165, 1.54) is 0 Å². The van der Waals surface area contributed by atoms with Gasteiger partial charge >= 0.3 is 160 Å². The molecule has 0 aliphatic rings. The summed E-state index contributed by atoms with van der Waals surface area (Å²) in [6.45, 7) is 1.19. The van der Waals surface area contributed by atoms with Crippen molar-refractivity contribution >= 4 is 190 Å². The molecule has 34 heteroatoms. The van der Waals surface area contributed by atoms with Gasteiger partial charge in [0.05, 0.1) is 51.4 Å². The first-order valence-electron chi connectivity index (χ1n) is 14.0. The molecule has 1 radical (unpaired) electrons. The number of hydrogen-bond acceptors (Lipinski definition) is 18. The van der Waals surface area contributed by atoms with E-state index in [2.05, 4.69) is 0 Å². The number of aliphatic hydroxyl groups is 4. The van der Waals surface area contributed by atoms with E-state index in [1.807, 2.05) is 0 Å². The Morgan fingerprint density at radius 1 is 0.283 bits per heavy atom. The fourth-order valence-electron chi connectivity index (χ4n) is 2.86. The minimum atomic E-state index is -2.74. The standard InChI is InChI=1S/4C6H8O7.C2H8N2.4Na.3H/c4*7-3(8)1-6(13,5(11)12)2-4(9)10;3-1-2-4;;;;;;;/h4*13H,1-2H2,(H,7,8)(H,9,10)(H,11,12);1-4H2;;;;;;;. The normalized spacial score (nSPS) is 9.90. The average Bonchev–Trinajstić information content (AvgIpc) is 2.94. The molecule has 20 N–H and O–H groups in total. The Kier molecular flexibility index (Phi) is 49.5. The molecule has 0 saturated heterocycles. The van der Waals surface area contributed by atoms with E-state index < -0.39 is 145 Å². The molecule has 0 saturated carbocycles. The molecule has 60 heavy (non-hydrogen) atoms. The van der Waals surface area contributed by atoms with Crippen LogP contribution in [0.15, 0.2) is 0 Å². The molecule has 0 spiro atoms. The number of carbonyl (C=O) groups is 12. The first-order chi connectivity index (χ1) is 25.0. The molecule has 0 aromatic heterocycles. The van der Waals surface area contributed by atoms with Crippen LogP contribution in [0.25, 0.3) is 0 Å². The van der Waals surface area contributed by atoms with E-state index in [1.54, 1.807) is 0 Å². The van der Waals surface area contributed by atoms with Crippen LogP contribution >= 0.6 is 0 Å². The summed E-state index contributed by atoms with van der Waals surface area (Å²) in [5, 5.41) is 135. The Hall–Kier alpha value is -2.60. The SMILES string of the molecule is NCCN.O=C(O)CC(O)(CC(=O)O)C(=O)O.O=C(O)CC(O)(CC(=O)O)C(=O)O.O=C(O)CC(O)(CC(=O)O)C(=O)O.O=C(O)CC(O)(CC(=O)O)C(=O)O.[NaH].[NaH].[NaH].[Na]. The quantitative estimate of drug-likeness (QED) is 0.0475. The Labute approximate surface area is 423 Å². The van der Waals surface area contributed by atoms with Gasteiger partial charge in [0.15, 0.2) is 22.4 Å². The summed E-state index contributed by atoms with van der Waals surface area (Å²) < 4.78 is 0. The zero-order chi connectivity index (χ0) is 46.0. The molecular formula is C26H43N2Na4O28. The molecule has 0 heterocycles. The third-order valence-electron chi connectivity index (χ3n) is 5.31. The molecule has 0 bridgehead atoms. The molecule has 0 aliphatic carbocycles. The maximum Gasteiger partial charge on any atom is 0 e.